The van der Waals surface area contributed by atoms with Gasteiger partial charge in [0.2, 0.25) is 0 Å². The van der Waals surface area contributed by atoms with Crippen molar-refractivity contribution in [1.29, 1.82) is 0 Å². The third-order valence-electron chi connectivity index (χ3n) is 2.29. The molecule has 0 fully saturated rings. The van der Waals surface area contributed by atoms with Gasteiger partial charge in [0, 0.05) is 11.1 Å². The van der Waals surface area contributed by atoms with Gasteiger partial charge < -0.3 is 0 Å². The van der Waals surface area contributed by atoms with Crippen LogP contribution in [0.4, 0.5) is 4.39 Å². The fourth-order valence-corrected chi connectivity index (χ4v) is 1.94. The minimum Gasteiger partial charge on any atom is -0.288 e. The highest BCUT2D eigenvalue weighted by Crippen LogP contribution is 2.24. The fourth-order valence-electron chi connectivity index (χ4n) is 1.46. The molecule has 2 aromatic carbocycles. The van der Waals surface area contributed by atoms with Crippen LogP contribution in [0.5, 0.6) is 0 Å². The number of carbonyl (C=O) groups is 1. The molecule has 0 aromatic heterocycles. The van der Waals surface area contributed by atoms with Gasteiger partial charge in [-0.2, -0.15) is 0 Å². The molecule has 0 heterocycles. The summed E-state index contributed by atoms with van der Waals surface area (Å²) in [7, 11) is 0. The molecule has 0 N–H and O–H groups in total. The van der Waals surface area contributed by atoms with Gasteiger partial charge in [-0.25, -0.2) is 4.39 Å². The van der Waals surface area contributed by atoms with Crippen molar-refractivity contribution < 1.29 is 9.18 Å². The molecule has 2 rings (SSSR count). The van der Waals surface area contributed by atoms with Crippen LogP contribution in [0.15, 0.2) is 42.5 Å². The Morgan fingerprint density at radius 2 is 1.59 bits per heavy atom. The second-order valence-corrected chi connectivity index (χ2v) is 4.25. The molecule has 0 aliphatic carbocycles. The standard InChI is InChI=1S/C13H7Cl2FO/c14-11-4-2-1-3-9(11)13(17)10-6-5-8(16)7-12(10)15/h1-7H. The molecule has 0 aliphatic rings. The predicted octanol–water partition coefficient (Wildman–Crippen LogP) is 4.36. The van der Waals surface area contributed by atoms with Crippen molar-refractivity contribution >= 4 is 29.0 Å². The number of ketones is 1. The van der Waals surface area contributed by atoms with Crippen LogP contribution < -0.4 is 0 Å². The maximum atomic E-state index is 12.9. The Labute approximate surface area is 108 Å². The largest absolute Gasteiger partial charge is 0.288 e. The Morgan fingerprint density at radius 1 is 0.941 bits per heavy atom. The van der Waals surface area contributed by atoms with E-state index in [0.717, 1.165) is 6.07 Å². The van der Waals surface area contributed by atoms with Crippen molar-refractivity contribution in [2.75, 3.05) is 0 Å². The van der Waals surface area contributed by atoms with Crippen molar-refractivity contribution in [1.82, 2.24) is 0 Å². The average Bonchev–Trinajstić information content (AvgIpc) is 2.29. The summed E-state index contributed by atoms with van der Waals surface area (Å²) in [5.41, 5.74) is 0.587. The Balaban J connectivity index is 2.48. The summed E-state index contributed by atoms with van der Waals surface area (Å²) in [4.78, 5) is 12.1. The van der Waals surface area contributed by atoms with Gasteiger partial charge >= 0.3 is 0 Å². The minimum atomic E-state index is -0.481. The Hall–Kier alpha value is -1.38. The highest BCUT2D eigenvalue weighted by Gasteiger charge is 2.15. The number of hydrogen-bond acceptors (Lipinski definition) is 1. The van der Waals surface area contributed by atoms with Gasteiger partial charge in [0.05, 0.1) is 10.0 Å². The van der Waals surface area contributed by atoms with Gasteiger partial charge in [-0.05, 0) is 30.3 Å². The third kappa shape index (κ3) is 2.48. The first-order chi connectivity index (χ1) is 8.09. The van der Waals surface area contributed by atoms with Gasteiger partial charge in [0.15, 0.2) is 5.78 Å². The summed E-state index contributed by atoms with van der Waals surface area (Å²) >= 11 is 11.7. The van der Waals surface area contributed by atoms with Crippen molar-refractivity contribution in [2.45, 2.75) is 0 Å². The van der Waals surface area contributed by atoms with Gasteiger partial charge in [0.25, 0.3) is 0 Å². The van der Waals surface area contributed by atoms with Crippen LogP contribution in [0, 0.1) is 5.82 Å². The zero-order chi connectivity index (χ0) is 12.4. The van der Waals surface area contributed by atoms with E-state index < -0.39 is 5.82 Å². The second-order valence-electron chi connectivity index (χ2n) is 3.43. The van der Waals surface area contributed by atoms with Crippen molar-refractivity contribution in [3.63, 3.8) is 0 Å². The Bertz CT molecular complexity index is 581. The quantitative estimate of drug-likeness (QED) is 0.740. The number of carbonyl (C=O) groups excluding carboxylic acids is 1. The molecule has 0 atom stereocenters. The number of rotatable bonds is 2. The van der Waals surface area contributed by atoms with E-state index in [1.54, 1.807) is 24.3 Å². The molecule has 17 heavy (non-hydrogen) atoms. The normalized spacial score (nSPS) is 10.3. The first-order valence-corrected chi connectivity index (χ1v) is 5.59. The maximum Gasteiger partial charge on any atom is 0.196 e. The number of benzene rings is 2. The highest BCUT2D eigenvalue weighted by atomic mass is 35.5. The first kappa shape index (κ1) is 12.1. The first-order valence-electron chi connectivity index (χ1n) is 4.84. The fraction of sp³-hybridized carbons (Fsp3) is 0. The molecule has 1 nitrogen and oxygen atoms in total. The van der Waals surface area contributed by atoms with Crippen LogP contribution in [0.2, 0.25) is 10.0 Å². The summed E-state index contributed by atoms with van der Waals surface area (Å²) in [6.45, 7) is 0. The molecule has 0 spiro atoms. The Kier molecular flexibility index (Phi) is 3.46. The lowest BCUT2D eigenvalue weighted by atomic mass is 10.0. The van der Waals surface area contributed by atoms with Crippen molar-refractivity contribution in [3.05, 3.63) is 69.5 Å². The van der Waals surface area contributed by atoms with E-state index in [1.165, 1.54) is 12.1 Å². The molecular weight excluding hydrogens is 262 g/mol. The summed E-state index contributed by atoms with van der Waals surface area (Å²) in [5.74, 6) is -0.800. The summed E-state index contributed by atoms with van der Waals surface area (Å²) in [6.07, 6.45) is 0. The minimum absolute atomic E-state index is 0.0786. The zero-order valence-electron chi connectivity index (χ0n) is 8.58. The molecule has 0 radical (unpaired) electrons. The van der Waals surface area contributed by atoms with Crippen LogP contribution in [0.1, 0.15) is 15.9 Å². The van der Waals surface area contributed by atoms with Gasteiger partial charge in [0.1, 0.15) is 5.82 Å². The zero-order valence-corrected chi connectivity index (χ0v) is 10.1. The van der Waals surface area contributed by atoms with Crippen LogP contribution in [-0.2, 0) is 0 Å². The second kappa shape index (κ2) is 4.86. The van der Waals surface area contributed by atoms with Gasteiger partial charge in [-0.15, -0.1) is 0 Å². The molecule has 0 unspecified atom stereocenters. The van der Waals surface area contributed by atoms with Crippen LogP contribution >= 0.6 is 23.2 Å². The van der Waals surface area contributed by atoms with Crippen LogP contribution in [-0.4, -0.2) is 5.78 Å². The lowest BCUT2D eigenvalue weighted by Gasteiger charge is -2.05. The monoisotopic (exact) mass is 268 g/mol. The SMILES string of the molecule is O=C(c1ccccc1Cl)c1ccc(F)cc1Cl. The van der Waals surface area contributed by atoms with E-state index in [9.17, 15) is 9.18 Å². The summed E-state index contributed by atoms with van der Waals surface area (Å²) < 4.78 is 12.9. The van der Waals surface area contributed by atoms with E-state index in [1.807, 2.05) is 0 Å². The average molecular weight is 269 g/mol. The van der Waals surface area contributed by atoms with E-state index in [0.29, 0.717) is 10.6 Å². The smallest absolute Gasteiger partial charge is 0.196 e. The lowest BCUT2D eigenvalue weighted by molar-refractivity contribution is 0.103. The number of halogens is 3. The molecule has 0 bridgehead atoms. The molecule has 86 valence electrons. The van der Waals surface area contributed by atoms with Gasteiger partial charge in [-0.3, -0.25) is 4.79 Å². The van der Waals surface area contributed by atoms with Crippen molar-refractivity contribution in [2.24, 2.45) is 0 Å². The summed E-state index contributed by atoms with van der Waals surface area (Å²) in [5, 5.41) is 0.424. The number of hydrogen-bond donors (Lipinski definition) is 0. The van der Waals surface area contributed by atoms with E-state index in [-0.39, 0.29) is 16.4 Å². The predicted molar refractivity (Wildman–Crippen MR) is 66.3 cm³/mol. The third-order valence-corrected chi connectivity index (χ3v) is 2.94. The molecule has 2 aromatic rings. The van der Waals surface area contributed by atoms with Crippen molar-refractivity contribution in [3.8, 4) is 0 Å². The van der Waals surface area contributed by atoms with E-state index >= 15 is 0 Å². The molecular formula is C13H7Cl2FO. The van der Waals surface area contributed by atoms with Gasteiger partial charge in [-0.1, -0.05) is 35.3 Å². The highest BCUT2D eigenvalue weighted by molar-refractivity contribution is 6.38. The van der Waals surface area contributed by atoms with E-state index in [2.05, 4.69) is 0 Å². The summed E-state index contributed by atoms with van der Waals surface area (Å²) in [6, 6.07) is 10.3. The molecule has 0 amide bonds. The van der Waals surface area contributed by atoms with Crippen LogP contribution in [0.25, 0.3) is 0 Å². The van der Waals surface area contributed by atoms with Crippen LogP contribution in [0.3, 0.4) is 0 Å². The maximum absolute atomic E-state index is 12.9. The molecule has 0 aliphatic heterocycles. The molecule has 0 saturated heterocycles. The molecule has 4 heteroatoms. The lowest BCUT2D eigenvalue weighted by Crippen LogP contribution is -2.03. The van der Waals surface area contributed by atoms with E-state index in [4.69, 9.17) is 23.2 Å². The molecule has 0 saturated carbocycles. The topological polar surface area (TPSA) is 17.1 Å². The Morgan fingerprint density at radius 3 is 2.24 bits per heavy atom.